The van der Waals surface area contributed by atoms with E-state index in [1.807, 2.05) is 0 Å². The molecule has 0 spiro atoms. The van der Waals surface area contributed by atoms with Crippen molar-refractivity contribution in [2.45, 2.75) is 25.2 Å². The van der Waals surface area contributed by atoms with Crippen molar-refractivity contribution in [1.82, 2.24) is 9.88 Å². The summed E-state index contributed by atoms with van der Waals surface area (Å²) in [5.41, 5.74) is 4.88. The van der Waals surface area contributed by atoms with Gasteiger partial charge in [0.2, 0.25) is 5.88 Å². The monoisotopic (exact) mass is 443 g/mol. The lowest BCUT2D eigenvalue weighted by molar-refractivity contribution is -0.141. The largest absolute Gasteiger partial charge is 0.439 e. The summed E-state index contributed by atoms with van der Waals surface area (Å²) in [4.78, 5) is 17.8. The van der Waals surface area contributed by atoms with Gasteiger partial charge in [-0.1, -0.05) is 6.07 Å². The van der Waals surface area contributed by atoms with E-state index in [4.69, 9.17) is 14.7 Å². The van der Waals surface area contributed by atoms with E-state index in [-0.39, 0.29) is 35.7 Å². The van der Waals surface area contributed by atoms with E-state index in [2.05, 4.69) is 4.98 Å². The van der Waals surface area contributed by atoms with Gasteiger partial charge in [0.1, 0.15) is 11.4 Å². The van der Waals surface area contributed by atoms with Crippen LogP contribution < -0.4 is 10.5 Å². The number of amides is 1. The molecule has 3 rings (SSSR count). The van der Waals surface area contributed by atoms with Gasteiger partial charge in [-0.05, 0) is 36.2 Å². The van der Waals surface area contributed by atoms with Gasteiger partial charge in [0.05, 0.1) is 6.10 Å². The molecule has 1 fully saturated rings. The Morgan fingerprint density at radius 2 is 2.10 bits per heavy atom. The molecule has 2 aromatic rings. The van der Waals surface area contributed by atoms with Crippen LogP contribution in [0.5, 0.6) is 11.6 Å². The smallest absolute Gasteiger partial charge is 0.433 e. The molecule has 0 aliphatic carbocycles. The molecule has 11 heteroatoms. The average molecular weight is 443 g/mol. The van der Waals surface area contributed by atoms with Crippen LogP contribution in [0, 0.1) is 0 Å². The third-order valence-electron chi connectivity index (χ3n) is 4.39. The molecule has 2 N–H and O–H groups in total. The number of benzene rings is 1. The number of hydrogen-bond acceptors (Lipinski definition) is 6. The third kappa shape index (κ3) is 5.55. The van der Waals surface area contributed by atoms with Gasteiger partial charge < -0.3 is 15.4 Å². The minimum Gasteiger partial charge on any atom is -0.439 e. The average Bonchev–Trinajstić information content (AvgIpc) is 3.14. The predicted molar refractivity (Wildman–Crippen MR) is 103 cm³/mol. The van der Waals surface area contributed by atoms with Crippen LogP contribution in [0.2, 0.25) is 0 Å². The molecule has 7 nitrogen and oxygen atoms in total. The van der Waals surface area contributed by atoms with Crippen molar-refractivity contribution in [3.05, 3.63) is 53.2 Å². The van der Waals surface area contributed by atoms with Crippen LogP contribution >= 0.6 is 0 Å². The van der Waals surface area contributed by atoms with Crippen molar-refractivity contribution in [3.8, 4) is 11.6 Å². The number of ether oxygens (including phenoxy) is 1. The number of nitrogens with zero attached hydrogens (tertiary/aromatic N) is 2. The van der Waals surface area contributed by atoms with E-state index >= 15 is 0 Å². The van der Waals surface area contributed by atoms with E-state index in [9.17, 15) is 22.2 Å². The lowest BCUT2D eigenvalue weighted by Gasteiger charge is -2.17. The van der Waals surface area contributed by atoms with Crippen LogP contribution in [0.15, 0.2) is 36.4 Å². The van der Waals surface area contributed by atoms with E-state index < -0.39 is 23.0 Å². The fourth-order valence-corrected chi connectivity index (χ4v) is 3.59. The van der Waals surface area contributed by atoms with Gasteiger partial charge in [-0.15, -0.1) is 0 Å². The molecular formula is C19H20F3N3O4S. The minimum absolute atomic E-state index is 0.110. The molecule has 1 amide bonds. The number of carbonyl (C=O) groups excluding carboxylic acids is 1. The highest BCUT2D eigenvalue weighted by Crippen LogP contribution is 2.31. The van der Waals surface area contributed by atoms with Crippen molar-refractivity contribution in [2.75, 3.05) is 19.3 Å². The summed E-state index contributed by atoms with van der Waals surface area (Å²) < 4.78 is 61.0. The van der Waals surface area contributed by atoms with E-state index in [0.29, 0.717) is 25.1 Å². The highest BCUT2D eigenvalue weighted by molar-refractivity contribution is 7.79. The Kier molecular flexibility index (Phi) is 6.74. The zero-order valence-corrected chi connectivity index (χ0v) is 16.8. The van der Waals surface area contributed by atoms with Crippen LogP contribution in [0.1, 0.15) is 28.0 Å². The second-order valence-electron chi connectivity index (χ2n) is 6.69. The normalized spacial score (nSPS) is 17.8. The highest BCUT2D eigenvalue weighted by Gasteiger charge is 2.33. The number of pyridine rings is 1. The van der Waals surface area contributed by atoms with Gasteiger partial charge in [0, 0.05) is 37.5 Å². The van der Waals surface area contributed by atoms with Crippen LogP contribution in [0.4, 0.5) is 13.2 Å². The Morgan fingerprint density at radius 3 is 2.77 bits per heavy atom. The molecule has 1 aromatic carbocycles. The number of alkyl halides is 3. The molecular weight excluding hydrogens is 423 g/mol. The molecule has 1 saturated heterocycles. The zero-order valence-electron chi connectivity index (χ0n) is 16.0. The van der Waals surface area contributed by atoms with Crippen LogP contribution in [-0.2, 0) is 28.0 Å². The molecule has 1 aliphatic rings. The molecule has 1 aliphatic heterocycles. The standard InChI is InChI=1S/C19H20F3N3O4S/c1-30(27)29-15-5-6-25(11-15)18(26)13-3-2-4-14(9-13)28-17-8-12(10-23)7-16(24-17)19(20,21)22/h2-4,7-9,15H,5-6,10-11,23H2,1H3. The quantitative estimate of drug-likeness (QED) is 0.738. The Labute approximate surface area is 173 Å². The first kappa shape index (κ1) is 22.2. The Morgan fingerprint density at radius 1 is 1.33 bits per heavy atom. The molecule has 0 bridgehead atoms. The number of carbonyl (C=O) groups is 1. The number of rotatable bonds is 6. The third-order valence-corrected chi connectivity index (χ3v) is 4.94. The van der Waals surface area contributed by atoms with Crippen molar-refractivity contribution in [2.24, 2.45) is 5.73 Å². The SMILES string of the molecule is CS(=O)OC1CCN(C(=O)c2cccc(Oc3cc(CN)cc(C(F)(F)F)n3)c2)C1. The number of aromatic nitrogens is 1. The minimum atomic E-state index is -4.64. The summed E-state index contributed by atoms with van der Waals surface area (Å²) >= 11 is -1.42. The van der Waals surface area contributed by atoms with Gasteiger partial charge >= 0.3 is 6.18 Å². The zero-order chi connectivity index (χ0) is 21.9. The first-order chi connectivity index (χ1) is 14.2. The second-order valence-corrected chi connectivity index (χ2v) is 7.69. The lowest BCUT2D eigenvalue weighted by atomic mass is 10.2. The molecule has 162 valence electrons. The Hall–Kier alpha value is -2.50. The molecule has 2 atom stereocenters. The van der Waals surface area contributed by atoms with Gasteiger partial charge in [-0.2, -0.15) is 13.2 Å². The topological polar surface area (TPSA) is 94.8 Å². The van der Waals surface area contributed by atoms with Gasteiger partial charge in [-0.3, -0.25) is 8.98 Å². The predicted octanol–water partition coefficient (Wildman–Crippen LogP) is 2.88. The molecule has 1 aromatic heterocycles. The van der Waals surface area contributed by atoms with Gasteiger partial charge in [-0.25, -0.2) is 9.19 Å². The first-order valence-electron chi connectivity index (χ1n) is 9.01. The maximum Gasteiger partial charge on any atom is 0.433 e. The summed E-state index contributed by atoms with van der Waals surface area (Å²) in [6, 6.07) is 8.26. The van der Waals surface area contributed by atoms with Crippen molar-refractivity contribution < 1.29 is 31.1 Å². The number of halogens is 3. The maximum atomic E-state index is 13.0. The van der Waals surface area contributed by atoms with Crippen molar-refractivity contribution >= 4 is 17.0 Å². The van der Waals surface area contributed by atoms with E-state index in [0.717, 1.165) is 6.07 Å². The molecule has 2 unspecified atom stereocenters. The van der Waals surface area contributed by atoms with E-state index in [1.54, 1.807) is 17.0 Å². The highest BCUT2D eigenvalue weighted by atomic mass is 32.2. The van der Waals surface area contributed by atoms with E-state index in [1.165, 1.54) is 24.5 Å². The second kappa shape index (κ2) is 9.11. The fourth-order valence-electron chi connectivity index (χ4n) is 3.05. The van der Waals surface area contributed by atoms with Crippen LogP contribution in [0.3, 0.4) is 0 Å². The Balaban J connectivity index is 1.76. The number of hydrogen-bond donors (Lipinski definition) is 1. The summed E-state index contributed by atoms with van der Waals surface area (Å²) in [5.74, 6) is -0.389. The van der Waals surface area contributed by atoms with Crippen molar-refractivity contribution in [1.29, 1.82) is 0 Å². The fraction of sp³-hybridized carbons (Fsp3) is 0.368. The van der Waals surface area contributed by atoms with Crippen LogP contribution in [0.25, 0.3) is 0 Å². The van der Waals surface area contributed by atoms with Crippen molar-refractivity contribution in [3.63, 3.8) is 0 Å². The first-order valence-corrected chi connectivity index (χ1v) is 10.5. The lowest BCUT2D eigenvalue weighted by Crippen LogP contribution is -2.30. The molecule has 0 saturated carbocycles. The summed E-state index contributed by atoms with van der Waals surface area (Å²) in [6.07, 6.45) is -2.96. The number of nitrogens with two attached hydrogens (primary N) is 1. The summed E-state index contributed by atoms with van der Waals surface area (Å²) in [5, 5.41) is 0. The van der Waals surface area contributed by atoms with Gasteiger partial charge in [0.15, 0.2) is 11.1 Å². The molecule has 2 heterocycles. The summed E-state index contributed by atoms with van der Waals surface area (Å²) in [7, 11) is 0. The Bertz CT molecular complexity index is 955. The maximum absolute atomic E-state index is 13.0. The van der Waals surface area contributed by atoms with Crippen LogP contribution in [-0.4, -0.2) is 45.4 Å². The molecule has 0 radical (unpaired) electrons. The molecule has 30 heavy (non-hydrogen) atoms. The van der Waals surface area contributed by atoms with Gasteiger partial charge in [0.25, 0.3) is 5.91 Å². The number of likely N-dealkylation sites (tertiary alicyclic amines) is 1. The summed E-state index contributed by atoms with van der Waals surface area (Å²) in [6.45, 7) is 0.639.